The Morgan fingerprint density at radius 1 is 1.15 bits per heavy atom. The molecule has 1 aliphatic carbocycles. The van der Waals surface area contributed by atoms with Gasteiger partial charge in [0.15, 0.2) is 0 Å². The number of rotatable bonds is 5. The van der Waals surface area contributed by atoms with Gasteiger partial charge in [0.05, 0.1) is 13.7 Å². The molecule has 1 aromatic carbocycles. The Kier molecular flexibility index (Phi) is 3.92. The molecule has 108 valence electrons. The highest BCUT2D eigenvalue weighted by Crippen LogP contribution is 2.30. The fraction of sp³-hybridized carbons (Fsp3) is 0.562. The van der Waals surface area contributed by atoms with Gasteiger partial charge in [-0.1, -0.05) is 0 Å². The first kappa shape index (κ1) is 13.4. The van der Waals surface area contributed by atoms with Crippen LogP contribution in [0.3, 0.4) is 0 Å². The number of carbonyl (C=O) groups is 1. The van der Waals surface area contributed by atoms with Gasteiger partial charge in [-0.2, -0.15) is 0 Å². The van der Waals surface area contributed by atoms with Crippen LogP contribution in [0.4, 0.5) is 5.69 Å². The lowest BCUT2D eigenvalue weighted by Gasteiger charge is -2.35. The molecule has 0 radical (unpaired) electrons. The van der Waals surface area contributed by atoms with Crippen LogP contribution in [0.5, 0.6) is 5.75 Å². The van der Waals surface area contributed by atoms with Crippen molar-refractivity contribution in [2.75, 3.05) is 44.7 Å². The number of hydrogen-bond acceptors (Lipinski definition) is 4. The third-order valence-corrected chi connectivity index (χ3v) is 4.22. The molecule has 20 heavy (non-hydrogen) atoms. The van der Waals surface area contributed by atoms with E-state index in [9.17, 15) is 4.79 Å². The number of hydrogen-bond donors (Lipinski definition) is 0. The Morgan fingerprint density at radius 2 is 1.80 bits per heavy atom. The number of piperazine rings is 1. The summed E-state index contributed by atoms with van der Waals surface area (Å²) in [6, 6.07) is 8.20. The van der Waals surface area contributed by atoms with Gasteiger partial charge < -0.3 is 9.64 Å². The molecule has 2 aliphatic rings. The Labute approximate surface area is 120 Å². The maximum Gasteiger partial charge on any atom is 0.149 e. The molecular formula is C16H22N2O2. The van der Waals surface area contributed by atoms with E-state index in [4.69, 9.17) is 4.74 Å². The van der Waals surface area contributed by atoms with Crippen molar-refractivity contribution in [1.82, 2.24) is 4.90 Å². The first-order valence-electron chi connectivity index (χ1n) is 7.40. The number of nitrogens with zero attached hydrogens (tertiary/aromatic N) is 2. The van der Waals surface area contributed by atoms with Crippen LogP contribution in [0.15, 0.2) is 24.3 Å². The topological polar surface area (TPSA) is 32.8 Å². The van der Waals surface area contributed by atoms with E-state index in [0.29, 0.717) is 18.2 Å². The lowest BCUT2D eigenvalue weighted by atomic mass is 10.2. The number of Topliss-reactive ketones (excluding diaryl/α,β-unsaturated/α-hetero) is 1. The summed E-state index contributed by atoms with van der Waals surface area (Å²) in [5.41, 5.74) is 1.24. The zero-order valence-electron chi connectivity index (χ0n) is 12.0. The smallest absolute Gasteiger partial charge is 0.149 e. The van der Waals surface area contributed by atoms with Gasteiger partial charge in [-0.3, -0.25) is 9.69 Å². The van der Waals surface area contributed by atoms with Crippen molar-refractivity contribution in [3.63, 3.8) is 0 Å². The van der Waals surface area contributed by atoms with Crippen LogP contribution in [0, 0.1) is 5.92 Å². The number of anilines is 1. The second-order valence-corrected chi connectivity index (χ2v) is 5.70. The highest BCUT2D eigenvalue weighted by atomic mass is 16.5. The molecule has 4 heteroatoms. The van der Waals surface area contributed by atoms with Crippen molar-refractivity contribution < 1.29 is 9.53 Å². The third-order valence-electron chi connectivity index (χ3n) is 4.22. The molecule has 1 aliphatic heterocycles. The molecular weight excluding hydrogens is 252 g/mol. The molecule has 0 aromatic heterocycles. The summed E-state index contributed by atoms with van der Waals surface area (Å²) in [6.07, 6.45) is 2.23. The van der Waals surface area contributed by atoms with Crippen LogP contribution in [0.2, 0.25) is 0 Å². The lowest BCUT2D eigenvalue weighted by molar-refractivity contribution is -0.121. The molecule has 0 N–H and O–H groups in total. The summed E-state index contributed by atoms with van der Waals surface area (Å²) in [7, 11) is 1.69. The number of benzene rings is 1. The van der Waals surface area contributed by atoms with Gasteiger partial charge in [0.2, 0.25) is 0 Å². The van der Waals surface area contributed by atoms with Gasteiger partial charge in [-0.25, -0.2) is 0 Å². The van der Waals surface area contributed by atoms with Crippen molar-refractivity contribution in [3.05, 3.63) is 24.3 Å². The average molecular weight is 274 g/mol. The molecule has 0 spiro atoms. The monoisotopic (exact) mass is 274 g/mol. The minimum Gasteiger partial charge on any atom is -0.497 e. The maximum atomic E-state index is 11.8. The van der Waals surface area contributed by atoms with Gasteiger partial charge in [0.25, 0.3) is 0 Å². The molecule has 3 rings (SSSR count). The van der Waals surface area contributed by atoms with Crippen LogP contribution in [-0.4, -0.2) is 50.5 Å². The largest absolute Gasteiger partial charge is 0.497 e. The normalized spacial score (nSPS) is 19.9. The van der Waals surface area contributed by atoms with Crippen LogP contribution in [0.1, 0.15) is 12.8 Å². The molecule has 1 aromatic rings. The zero-order valence-corrected chi connectivity index (χ0v) is 12.0. The molecule has 0 bridgehead atoms. The van der Waals surface area contributed by atoms with Crippen LogP contribution in [0.25, 0.3) is 0 Å². The fourth-order valence-corrected chi connectivity index (χ4v) is 2.71. The number of ether oxygens (including phenoxy) is 1. The van der Waals surface area contributed by atoms with E-state index in [1.165, 1.54) is 5.69 Å². The predicted molar refractivity (Wildman–Crippen MR) is 79.4 cm³/mol. The van der Waals surface area contributed by atoms with Crippen molar-refractivity contribution in [2.24, 2.45) is 5.92 Å². The minimum atomic E-state index is 0.384. The van der Waals surface area contributed by atoms with Crippen LogP contribution >= 0.6 is 0 Å². The van der Waals surface area contributed by atoms with Gasteiger partial charge in [0.1, 0.15) is 11.5 Å². The molecule has 0 amide bonds. The van der Waals surface area contributed by atoms with Crippen molar-refractivity contribution >= 4 is 11.5 Å². The summed E-state index contributed by atoms with van der Waals surface area (Å²) in [5, 5.41) is 0. The molecule has 1 saturated carbocycles. The van der Waals surface area contributed by atoms with Gasteiger partial charge in [0, 0.05) is 37.8 Å². The molecule has 2 fully saturated rings. The Bertz CT molecular complexity index is 460. The standard InChI is InChI=1S/C16H22N2O2/c1-20-15-6-4-14(5-7-15)18-10-8-17(9-11-18)12-16(19)13-2-3-13/h4-7,13H,2-3,8-12H2,1H3. The van der Waals surface area contributed by atoms with Gasteiger partial charge in [-0.05, 0) is 37.1 Å². The summed E-state index contributed by atoms with van der Waals surface area (Å²) >= 11 is 0. The minimum absolute atomic E-state index is 0.384. The maximum absolute atomic E-state index is 11.8. The van der Waals surface area contributed by atoms with Gasteiger partial charge in [-0.15, -0.1) is 0 Å². The second kappa shape index (κ2) is 5.83. The number of ketones is 1. The fourth-order valence-electron chi connectivity index (χ4n) is 2.71. The first-order chi connectivity index (χ1) is 9.76. The predicted octanol–water partition coefficient (Wildman–Crippen LogP) is 1.80. The van der Waals surface area contributed by atoms with Crippen LogP contribution < -0.4 is 9.64 Å². The SMILES string of the molecule is COc1ccc(N2CCN(CC(=O)C3CC3)CC2)cc1. The Balaban J connectivity index is 1.50. The van der Waals surface area contributed by atoms with Gasteiger partial charge >= 0.3 is 0 Å². The molecule has 4 nitrogen and oxygen atoms in total. The van der Waals surface area contributed by atoms with E-state index in [1.54, 1.807) is 7.11 Å². The van der Waals surface area contributed by atoms with E-state index in [1.807, 2.05) is 12.1 Å². The highest BCUT2D eigenvalue weighted by molar-refractivity contribution is 5.85. The zero-order chi connectivity index (χ0) is 13.9. The van der Waals surface area contributed by atoms with E-state index >= 15 is 0 Å². The summed E-state index contributed by atoms with van der Waals surface area (Å²) in [6.45, 7) is 4.59. The first-order valence-corrected chi connectivity index (χ1v) is 7.40. The second-order valence-electron chi connectivity index (χ2n) is 5.70. The quantitative estimate of drug-likeness (QED) is 0.819. The molecule has 0 atom stereocenters. The average Bonchev–Trinajstić information content (AvgIpc) is 3.33. The molecule has 1 heterocycles. The summed E-state index contributed by atoms with van der Waals surface area (Å²) in [4.78, 5) is 16.5. The van der Waals surface area contributed by atoms with E-state index in [2.05, 4.69) is 21.9 Å². The van der Waals surface area contributed by atoms with E-state index in [0.717, 1.165) is 44.8 Å². The third kappa shape index (κ3) is 3.12. The molecule has 0 unspecified atom stereocenters. The van der Waals surface area contributed by atoms with Crippen molar-refractivity contribution in [3.8, 4) is 5.75 Å². The van der Waals surface area contributed by atoms with E-state index < -0.39 is 0 Å². The van der Waals surface area contributed by atoms with E-state index in [-0.39, 0.29) is 0 Å². The van der Waals surface area contributed by atoms with Crippen molar-refractivity contribution in [1.29, 1.82) is 0 Å². The highest BCUT2D eigenvalue weighted by Gasteiger charge is 2.31. The summed E-state index contributed by atoms with van der Waals surface area (Å²) in [5.74, 6) is 1.72. The Morgan fingerprint density at radius 3 is 2.35 bits per heavy atom. The number of methoxy groups -OCH3 is 1. The Hall–Kier alpha value is -1.55. The lowest BCUT2D eigenvalue weighted by Crippen LogP contribution is -2.48. The number of carbonyl (C=O) groups excluding carboxylic acids is 1. The van der Waals surface area contributed by atoms with Crippen LogP contribution in [-0.2, 0) is 4.79 Å². The molecule has 1 saturated heterocycles. The van der Waals surface area contributed by atoms with Crippen molar-refractivity contribution in [2.45, 2.75) is 12.8 Å². The summed E-state index contributed by atoms with van der Waals surface area (Å²) < 4.78 is 5.18.